The third-order valence-electron chi connectivity index (χ3n) is 3.18. The number of benzene rings is 1. The van der Waals surface area contributed by atoms with Gasteiger partial charge < -0.3 is 0 Å². The number of fused-ring (bicyclic) bond motifs is 1. The van der Waals surface area contributed by atoms with Crippen LogP contribution in [-0.2, 0) is 0 Å². The number of anilines is 1. The summed E-state index contributed by atoms with van der Waals surface area (Å²) in [7, 11) is 0. The van der Waals surface area contributed by atoms with Gasteiger partial charge in [0.15, 0.2) is 0 Å². The number of hydrogen-bond donors (Lipinski definition) is 1. The highest BCUT2D eigenvalue weighted by Crippen LogP contribution is 2.42. The Labute approximate surface area is 122 Å². The number of carbonyl (C=O) groups is 1. The third kappa shape index (κ3) is 2.19. The van der Waals surface area contributed by atoms with Gasteiger partial charge in [0.2, 0.25) is 5.13 Å². The summed E-state index contributed by atoms with van der Waals surface area (Å²) >= 11 is 2.99. The maximum atomic E-state index is 12.2. The van der Waals surface area contributed by atoms with Gasteiger partial charge in [-0.1, -0.05) is 11.3 Å². The van der Waals surface area contributed by atoms with Crippen LogP contribution in [0.1, 0.15) is 34.1 Å². The fourth-order valence-electron chi connectivity index (χ4n) is 1.95. The molecule has 2 heterocycles. The molecule has 0 radical (unpaired) electrons. The smallest absolute Gasteiger partial charge is 0.257 e. The van der Waals surface area contributed by atoms with Crippen molar-refractivity contribution >= 4 is 43.9 Å². The van der Waals surface area contributed by atoms with Crippen LogP contribution in [0.15, 0.2) is 23.7 Å². The van der Waals surface area contributed by atoms with Crippen molar-refractivity contribution in [1.29, 1.82) is 0 Å². The van der Waals surface area contributed by atoms with Crippen LogP contribution >= 0.6 is 22.7 Å². The van der Waals surface area contributed by atoms with Crippen LogP contribution in [0.2, 0.25) is 0 Å². The summed E-state index contributed by atoms with van der Waals surface area (Å²) < 4.78 is 1.01. The van der Waals surface area contributed by atoms with Gasteiger partial charge in [0, 0.05) is 11.5 Å². The number of carbonyl (C=O) groups excluding carboxylic acids is 1. The molecule has 0 bridgehead atoms. The highest BCUT2D eigenvalue weighted by molar-refractivity contribution is 7.16. The topological polar surface area (TPSA) is 67.8 Å². The van der Waals surface area contributed by atoms with E-state index in [1.165, 1.54) is 35.5 Å². The highest BCUT2D eigenvalue weighted by atomic mass is 32.1. The Bertz CT molecular complexity index is 790. The molecular formula is C13H10N4OS2. The molecule has 1 fully saturated rings. The van der Waals surface area contributed by atoms with E-state index in [0.29, 0.717) is 16.6 Å². The normalized spacial score (nSPS) is 14.6. The molecule has 7 heteroatoms. The molecule has 0 atom stereocenters. The third-order valence-corrected chi connectivity index (χ3v) is 4.97. The highest BCUT2D eigenvalue weighted by Gasteiger charge is 2.27. The first-order chi connectivity index (χ1) is 9.79. The van der Waals surface area contributed by atoms with Crippen LogP contribution in [0.5, 0.6) is 0 Å². The van der Waals surface area contributed by atoms with Crippen molar-refractivity contribution < 1.29 is 4.79 Å². The van der Waals surface area contributed by atoms with Crippen LogP contribution in [-0.4, -0.2) is 21.1 Å². The molecule has 0 aliphatic heterocycles. The molecule has 1 amide bonds. The molecule has 3 aromatic rings. The van der Waals surface area contributed by atoms with E-state index in [1.54, 1.807) is 11.6 Å². The first-order valence-electron chi connectivity index (χ1n) is 6.27. The molecule has 0 saturated heterocycles. The molecule has 2 aromatic heterocycles. The van der Waals surface area contributed by atoms with Crippen LogP contribution in [0.3, 0.4) is 0 Å². The lowest BCUT2D eigenvalue weighted by atomic mass is 10.2. The molecule has 0 spiro atoms. The number of nitrogens with one attached hydrogen (secondary N) is 1. The van der Waals surface area contributed by atoms with Gasteiger partial charge in [-0.3, -0.25) is 10.1 Å². The summed E-state index contributed by atoms with van der Waals surface area (Å²) in [4.78, 5) is 16.4. The van der Waals surface area contributed by atoms with Crippen molar-refractivity contribution in [3.63, 3.8) is 0 Å². The Morgan fingerprint density at radius 1 is 1.30 bits per heavy atom. The molecule has 5 nitrogen and oxygen atoms in total. The van der Waals surface area contributed by atoms with E-state index in [1.807, 2.05) is 12.1 Å². The van der Waals surface area contributed by atoms with Gasteiger partial charge in [-0.25, -0.2) is 4.98 Å². The van der Waals surface area contributed by atoms with Crippen molar-refractivity contribution in [2.75, 3.05) is 5.32 Å². The Morgan fingerprint density at radius 2 is 2.20 bits per heavy atom. The first-order valence-corrected chi connectivity index (χ1v) is 7.97. The quantitative estimate of drug-likeness (QED) is 0.806. The molecule has 1 aliphatic carbocycles. The minimum Gasteiger partial charge on any atom is -0.296 e. The second kappa shape index (κ2) is 4.60. The number of aromatic nitrogens is 3. The zero-order valence-corrected chi connectivity index (χ0v) is 12.0. The van der Waals surface area contributed by atoms with Gasteiger partial charge in [0.25, 0.3) is 5.91 Å². The van der Waals surface area contributed by atoms with Gasteiger partial charge >= 0.3 is 0 Å². The fraction of sp³-hybridized carbons (Fsp3) is 0.231. The minimum absolute atomic E-state index is 0.154. The number of hydrogen-bond acceptors (Lipinski definition) is 6. The molecule has 20 heavy (non-hydrogen) atoms. The van der Waals surface area contributed by atoms with Gasteiger partial charge in [-0.2, -0.15) is 0 Å². The van der Waals surface area contributed by atoms with E-state index in [0.717, 1.165) is 15.2 Å². The van der Waals surface area contributed by atoms with Gasteiger partial charge in [0.1, 0.15) is 5.01 Å². The lowest BCUT2D eigenvalue weighted by Gasteiger charge is -2.00. The summed E-state index contributed by atoms with van der Waals surface area (Å²) in [5.41, 5.74) is 3.31. The SMILES string of the molecule is O=C(Nc1nnc(C2CC2)s1)c1ccc2ncsc2c1. The molecule has 1 saturated carbocycles. The van der Waals surface area contributed by atoms with E-state index in [9.17, 15) is 4.79 Å². The van der Waals surface area contributed by atoms with Crippen molar-refractivity contribution in [1.82, 2.24) is 15.2 Å². The van der Waals surface area contributed by atoms with E-state index in [2.05, 4.69) is 20.5 Å². The molecule has 1 aliphatic rings. The summed E-state index contributed by atoms with van der Waals surface area (Å²) in [6.45, 7) is 0. The molecule has 0 unspecified atom stereocenters. The van der Waals surface area contributed by atoms with Crippen LogP contribution in [0.25, 0.3) is 10.2 Å². The zero-order chi connectivity index (χ0) is 13.5. The van der Waals surface area contributed by atoms with Crippen molar-refractivity contribution in [2.45, 2.75) is 18.8 Å². The maximum absolute atomic E-state index is 12.2. The maximum Gasteiger partial charge on any atom is 0.257 e. The van der Waals surface area contributed by atoms with Crippen molar-refractivity contribution in [3.05, 3.63) is 34.3 Å². The predicted octanol–water partition coefficient (Wildman–Crippen LogP) is 3.28. The standard InChI is InChI=1S/C13H10N4OS2/c18-11(8-3-4-9-10(5-8)19-6-14-9)15-13-17-16-12(20-13)7-1-2-7/h3-7H,1-2H2,(H,15,17,18). The second-order valence-electron chi connectivity index (χ2n) is 4.71. The van der Waals surface area contributed by atoms with E-state index in [4.69, 9.17) is 0 Å². The van der Waals surface area contributed by atoms with E-state index >= 15 is 0 Å². The average molecular weight is 302 g/mol. The number of thiazole rings is 1. The second-order valence-corrected chi connectivity index (χ2v) is 6.60. The summed E-state index contributed by atoms with van der Waals surface area (Å²) in [6, 6.07) is 5.49. The minimum atomic E-state index is -0.154. The van der Waals surface area contributed by atoms with Gasteiger partial charge in [-0.05, 0) is 31.0 Å². The van der Waals surface area contributed by atoms with Crippen molar-refractivity contribution in [3.8, 4) is 0 Å². The summed E-state index contributed by atoms with van der Waals surface area (Å²) in [5, 5.41) is 12.5. The average Bonchev–Trinajstić information content (AvgIpc) is 3.02. The summed E-state index contributed by atoms with van der Waals surface area (Å²) in [5.74, 6) is 0.408. The molecular weight excluding hydrogens is 292 g/mol. The Balaban J connectivity index is 1.55. The zero-order valence-electron chi connectivity index (χ0n) is 10.4. The largest absolute Gasteiger partial charge is 0.296 e. The van der Waals surface area contributed by atoms with E-state index in [-0.39, 0.29) is 5.91 Å². The Morgan fingerprint density at radius 3 is 3.05 bits per heavy atom. The fourth-order valence-corrected chi connectivity index (χ4v) is 3.57. The number of amides is 1. The molecule has 4 rings (SSSR count). The number of rotatable bonds is 3. The van der Waals surface area contributed by atoms with Crippen LogP contribution in [0, 0.1) is 0 Å². The predicted molar refractivity (Wildman–Crippen MR) is 79.5 cm³/mol. The molecule has 1 N–H and O–H groups in total. The van der Waals surface area contributed by atoms with Gasteiger partial charge in [0.05, 0.1) is 15.7 Å². The lowest BCUT2D eigenvalue weighted by Crippen LogP contribution is -2.11. The monoisotopic (exact) mass is 302 g/mol. The lowest BCUT2D eigenvalue weighted by molar-refractivity contribution is 0.102. The number of nitrogens with zero attached hydrogens (tertiary/aromatic N) is 3. The van der Waals surface area contributed by atoms with Crippen LogP contribution in [0.4, 0.5) is 5.13 Å². The molecule has 100 valence electrons. The molecule has 1 aromatic carbocycles. The Kier molecular flexibility index (Phi) is 2.75. The van der Waals surface area contributed by atoms with Crippen LogP contribution < -0.4 is 5.32 Å². The van der Waals surface area contributed by atoms with Crippen molar-refractivity contribution in [2.24, 2.45) is 0 Å². The van der Waals surface area contributed by atoms with E-state index < -0.39 is 0 Å². The Hall–Kier alpha value is -1.86. The summed E-state index contributed by atoms with van der Waals surface area (Å²) in [6.07, 6.45) is 2.37. The van der Waals surface area contributed by atoms with Gasteiger partial charge in [-0.15, -0.1) is 21.5 Å². The first kappa shape index (κ1) is 11.9.